The van der Waals surface area contributed by atoms with Crippen LogP contribution < -0.4 is 0 Å². The van der Waals surface area contributed by atoms with E-state index in [2.05, 4.69) is 93.7 Å². The standard InChI is InChI=1S/C75H134O6/c1-4-7-10-13-16-19-22-24-26-28-30-32-34-35-36-37-38-39-41-42-44-46-48-50-53-56-59-62-65-68-74(77)80-71-72(70-79-73(76)67-64-61-58-55-52-21-18-15-12-9-6-3)81-75(78)69-66-63-60-57-54-51-49-47-45-43-40-33-31-29-27-25-23-20-17-14-11-8-5-2/h8,11,15,17-18,20,25,27,31,33,43,45,72H,4-7,9-10,12-14,16,19,21-24,26,28-30,32,34-42,44,46-71H2,1-3H3/b11-8-,18-15-,20-17-,27-25-,33-31-,45-43-. The Kier molecular flexibility index (Phi) is 66.6. The van der Waals surface area contributed by atoms with Crippen molar-refractivity contribution in [2.45, 2.75) is 374 Å². The van der Waals surface area contributed by atoms with Gasteiger partial charge in [0.1, 0.15) is 13.2 Å². The molecule has 0 N–H and O–H groups in total. The van der Waals surface area contributed by atoms with Crippen molar-refractivity contribution in [3.63, 3.8) is 0 Å². The van der Waals surface area contributed by atoms with Crippen molar-refractivity contribution >= 4 is 17.9 Å². The molecule has 0 heterocycles. The first-order valence-corrected chi connectivity index (χ1v) is 35.4. The summed E-state index contributed by atoms with van der Waals surface area (Å²) in [7, 11) is 0. The van der Waals surface area contributed by atoms with Gasteiger partial charge in [-0.1, -0.05) is 338 Å². The van der Waals surface area contributed by atoms with Crippen LogP contribution in [0.5, 0.6) is 0 Å². The third-order valence-corrected chi connectivity index (χ3v) is 15.7. The molecule has 0 aliphatic heterocycles. The molecule has 0 bridgehead atoms. The summed E-state index contributed by atoms with van der Waals surface area (Å²) in [5, 5.41) is 0. The van der Waals surface area contributed by atoms with E-state index in [0.717, 1.165) is 103 Å². The number of unbranched alkanes of at least 4 members (excludes halogenated alkanes) is 42. The fraction of sp³-hybridized carbons (Fsp3) is 0.800. The van der Waals surface area contributed by atoms with E-state index < -0.39 is 6.10 Å². The van der Waals surface area contributed by atoms with Crippen molar-refractivity contribution in [3.05, 3.63) is 72.9 Å². The number of esters is 3. The van der Waals surface area contributed by atoms with E-state index >= 15 is 0 Å². The Morgan fingerprint density at radius 2 is 0.494 bits per heavy atom. The SMILES string of the molecule is CC/C=C\C/C=C\C/C=C\C/C=C\C/C=C\CCCCCCCCCC(=O)OC(COC(=O)CCCCCCC/C=C\CCCC)COC(=O)CCCCCCCCCCCCCCCCCCCCCCCCCCCCCCC. The zero-order valence-electron chi connectivity index (χ0n) is 54.1. The lowest BCUT2D eigenvalue weighted by molar-refractivity contribution is -0.167. The van der Waals surface area contributed by atoms with Crippen molar-refractivity contribution in [2.75, 3.05) is 13.2 Å². The number of allylic oxidation sites excluding steroid dienone is 12. The molecular formula is C75H134O6. The maximum atomic E-state index is 12.9. The Bertz CT molecular complexity index is 1490. The molecule has 0 spiro atoms. The molecule has 0 rings (SSSR count). The van der Waals surface area contributed by atoms with Gasteiger partial charge in [0.2, 0.25) is 0 Å². The summed E-state index contributed by atoms with van der Waals surface area (Å²) in [6, 6.07) is 0. The summed E-state index contributed by atoms with van der Waals surface area (Å²) in [6.07, 6.45) is 90.9. The van der Waals surface area contributed by atoms with Crippen LogP contribution in [0.25, 0.3) is 0 Å². The van der Waals surface area contributed by atoms with Crippen molar-refractivity contribution in [3.8, 4) is 0 Å². The minimum absolute atomic E-state index is 0.0794. The van der Waals surface area contributed by atoms with Gasteiger partial charge in [-0.2, -0.15) is 0 Å². The molecule has 0 saturated heterocycles. The van der Waals surface area contributed by atoms with E-state index in [0.29, 0.717) is 19.3 Å². The zero-order chi connectivity index (χ0) is 58.5. The number of ether oxygens (including phenoxy) is 3. The van der Waals surface area contributed by atoms with Crippen LogP contribution in [0, 0.1) is 0 Å². The molecule has 0 aliphatic carbocycles. The lowest BCUT2D eigenvalue weighted by Crippen LogP contribution is -2.30. The van der Waals surface area contributed by atoms with Gasteiger partial charge in [0, 0.05) is 19.3 Å². The third-order valence-electron chi connectivity index (χ3n) is 15.7. The predicted octanol–water partition coefficient (Wildman–Crippen LogP) is 24.4. The Hall–Kier alpha value is -3.15. The van der Waals surface area contributed by atoms with Gasteiger partial charge < -0.3 is 14.2 Å². The molecule has 0 amide bonds. The van der Waals surface area contributed by atoms with Crippen LogP contribution in [0.4, 0.5) is 0 Å². The van der Waals surface area contributed by atoms with Crippen molar-refractivity contribution < 1.29 is 28.6 Å². The molecule has 0 saturated carbocycles. The Morgan fingerprint density at radius 1 is 0.259 bits per heavy atom. The highest BCUT2D eigenvalue weighted by atomic mass is 16.6. The maximum absolute atomic E-state index is 12.9. The first-order valence-electron chi connectivity index (χ1n) is 35.4. The monoisotopic (exact) mass is 1130 g/mol. The summed E-state index contributed by atoms with van der Waals surface area (Å²) < 4.78 is 16.9. The molecule has 1 atom stereocenters. The van der Waals surface area contributed by atoms with Gasteiger partial charge in [0.25, 0.3) is 0 Å². The molecule has 81 heavy (non-hydrogen) atoms. The van der Waals surface area contributed by atoms with Gasteiger partial charge in [-0.3, -0.25) is 14.4 Å². The van der Waals surface area contributed by atoms with Crippen molar-refractivity contribution in [2.24, 2.45) is 0 Å². The third kappa shape index (κ3) is 67.5. The van der Waals surface area contributed by atoms with Gasteiger partial charge in [-0.25, -0.2) is 0 Å². The summed E-state index contributed by atoms with van der Waals surface area (Å²) in [6.45, 7) is 6.53. The molecule has 6 nitrogen and oxygen atoms in total. The van der Waals surface area contributed by atoms with Crippen LogP contribution >= 0.6 is 0 Å². The molecule has 0 aliphatic rings. The molecule has 0 aromatic rings. The van der Waals surface area contributed by atoms with Gasteiger partial charge in [-0.05, 0) is 83.5 Å². The number of carbonyl (C=O) groups is 3. The molecule has 6 heteroatoms. The molecule has 0 radical (unpaired) electrons. The zero-order valence-corrected chi connectivity index (χ0v) is 54.1. The van der Waals surface area contributed by atoms with E-state index in [9.17, 15) is 14.4 Å². The summed E-state index contributed by atoms with van der Waals surface area (Å²) in [4.78, 5) is 38.4. The quantitative estimate of drug-likeness (QED) is 0.0261. The van der Waals surface area contributed by atoms with Crippen LogP contribution in [0.15, 0.2) is 72.9 Å². The van der Waals surface area contributed by atoms with Crippen LogP contribution in [0.1, 0.15) is 367 Å². The second-order valence-corrected chi connectivity index (χ2v) is 23.8. The van der Waals surface area contributed by atoms with E-state index in [4.69, 9.17) is 14.2 Å². The lowest BCUT2D eigenvalue weighted by Gasteiger charge is -2.18. The Morgan fingerprint density at radius 3 is 0.802 bits per heavy atom. The molecule has 1 unspecified atom stereocenters. The van der Waals surface area contributed by atoms with E-state index in [1.807, 2.05) is 0 Å². The van der Waals surface area contributed by atoms with Gasteiger partial charge in [0.05, 0.1) is 0 Å². The number of hydrogen-bond donors (Lipinski definition) is 0. The second-order valence-electron chi connectivity index (χ2n) is 23.8. The van der Waals surface area contributed by atoms with Gasteiger partial charge in [0.15, 0.2) is 6.10 Å². The van der Waals surface area contributed by atoms with E-state index in [1.165, 1.54) is 225 Å². The average Bonchev–Trinajstić information content (AvgIpc) is 3.47. The molecule has 0 fully saturated rings. The molecule has 0 aromatic heterocycles. The summed E-state index contributed by atoms with van der Waals surface area (Å²) in [5.41, 5.74) is 0. The summed E-state index contributed by atoms with van der Waals surface area (Å²) >= 11 is 0. The van der Waals surface area contributed by atoms with Crippen LogP contribution in [-0.2, 0) is 28.6 Å². The first kappa shape index (κ1) is 77.9. The second kappa shape index (κ2) is 69.3. The number of hydrogen-bond acceptors (Lipinski definition) is 6. The lowest BCUT2D eigenvalue weighted by atomic mass is 10.0. The molecule has 470 valence electrons. The Balaban J connectivity index is 4.19. The normalized spacial score (nSPS) is 12.5. The fourth-order valence-corrected chi connectivity index (χ4v) is 10.4. The largest absolute Gasteiger partial charge is 0.462 e. The van der Waals surface area contributed by atoms with Crippen LogP contribution in [0.2, 0.25) is 0 Å². The highest BCUT2D eigenvalue weighted by molar-refractivity contribution is 5.71. The van der Waals surface area contributed by atoms with Gasteiger partial charge >= 0.3 is 17.9 Å². The first-order chi connectivity index (χ1) is 40.0. The minimum atomic E-state index is -0.785. The highest BCUT2D eigenvalue weighted by Crippen LogP contribution is 2.18. The maximum Gasteiger partial charge on any atom is 0.306 e. The smallest absolute Gasteiger partial charge is 0.306 e. The minimum Gasteiger partial charge on any atom is -0.462 e. The molecule has 0 aromatic carbocycles. The van der Waals surface area contributed by atoms with Crippen LogP contribution in [0.3, 0.4) is 0 Å². The highest BCUT2D eigenvalue weighted by Gasteiger charge is 2.19. The fourth-order valence-electron chi connectivity index (χ4n) is 10.4. The summed E-state index contributed by atoms with van der Waals surface area (Å²) in [5.74, 6) is -0.882. The number of carbonyl (C=O) groups excluding carboxylic acids is 3. The number of rotatable bonds is 65. The van der Waals surface area contributed by atoms with Crippen molar-refractivity contribution in [1.82, 2.24) is 0 Å². The van der Waals surface area contributed by atoms with E-state index in [-0.39, 0.29) is 31.1 Å². The van der Waals surface area contributed by atoms with E-state index in [1.54, 1.807) is 0 Å². The average molecular weight is 1130 g/mol. The predicted molar refractivity (Wildman–Crippen MR) is 353 cm³/mol. The topological polar surface area (TPSA) is 78.9 Å². The van der Waals surface area contributed by atoms with Gasteiger partial charge in [-0.15, -0.1) is 0 Å². The molecular weight excluding hydrogens is 997 g/mol. The van der Waals surface area contributed by atoms with Crippen LogP contribution in [-0.4, -0.2) is 37.2 Å². The Labute approximate surface area is 503 Å². The van der Waals surface area contributed by atoms with Crippen molar-refractivity contribution in [1.29, 1.82) is 0 Å².